The maximum Gasteiger partial charge on any atom is 0.118 e. The van der Waals surface area contributed by atoms with E-state index in [4.69, 9.17) is 9.47 Å². The number of hydrogen-bond donors (Lipinski definition) is 1. The standard InChI is InChI=1S/C18H22O3/c1-3-18(17-7-5-4-6-15(17)12-19)21-13-14-8-10-16(20-2)11-9-14/h4-11,18-19H,3,12-13H2,1-2H3/t18-/m1/s1. The second kappa shape index (κ2) is 7.81. The van der Waals surface area contributed by atoms with Gasteiger partial charge in [0.15, 0.2) is 0 Å². The molecule has 2 rings (SSSR count). The molecule has 21 heavy (non-hydrogen) atoms. The molecular formula is C18H22O3. The topological polar surface area (TPSA) is 38.7 Å². The summed E-state index contributed by atoms with van der Waals surface area (Å²) < 4.78 is 11.2. The van der Waals surface area contributed by atoms with Gasteiger partial charge < -0.3 is 14.6 Å². The molecule has 0 heterocycles. The van der Waals surface area contributed by atoms with Gasteiger partial charge in [0.1, 0.15) is 5.75 Å². The molecule has 0 saturated heterocycles. The van der Waals surface area contributed by atoms with Crippen molar-refractivity contribution in [3.63, 3.8) is 0 Å². The summed E-state index contributed by atoms with van der Waals surface area (Å²) in [6.07, 6.45) is 0.864. The van der Waals surface area contributed by atoms with E-state index in [2.05, 4.69) is 6.92 Å². The predicted octanol–water partition coefficient (Wildman–Crippen LogP) is 3.86. The van der Waals surface area contributed by atoms with Crippen molar-refractivity contribution in [3.05, 3.63) is 65.2 Å². The molecule has 2 aromatic carbocycles. The molecule has 112 valence electrons. The highest BCUT2D eigenvalue weighted by Gasteiger charge is 2.13. The Hall–Kier alpha value is -1.84. The van der Waals surface area contributed by atoms with E-state index in [9.17, 15) is 5.11 Å². The number of methoxy groups -OCH3 is 1. The zero-order chi connectivity index (χ0) is 15.1. The average Bonchev–Trinajstić information content (AvgIpc) is 2.56. The Balaban J connectivity index is 2.05. The molecule has 1 N–H and O–H groups in total. The van der Waals surface area contributed by atoms with Crippen LogP contribution in [-0.4, -0.2) is 12.2 Å². The minimum Gasteiger partial charge on any atom is -0.497 e. The Bertz CT molecular complexity index is 549. The molecule has 0 spiro atoms. The lowest BCUT2D eigenvalue weighted by molar-refractivity contribution is 0.0358. The first kappa shape index (κ1) is 15.5. The van der Waals surface area contributed by atoms with E-state index < -0.39 is 0 Å². The van der Waals surface area contributed by atoms with Gasteiger partial charge in [0.25, 0.3) is 0 Å². The highest BCUT2D eigenvalue weighted by atomic mass is 16.5. The molecule has 0 aliphatic heterocycles. The van der Waals surface area contributed by atoms with Crippen LogP contribution in [0.3, 0.4) is 0 Å². The number of benzene rings is 2. The Labute approximate surface area is 126 Å². The summed E-state index contributed by atoms with van der Waals surface area (Å²) in [5, 5.41) is 9.44. The van der Waals surface area contributed by atoms with E-state index in [0.717, 1.165) is 28.9 Å². The van der Waals surface area contributed by atoms with Gasteiger partial charge in [0, 0.05) is 0 Å². The maximum absolute atomic E-state index is 9.44. The molecule has 3 heteroatoms. The third-order valence-corrected chi connectivity index (χ3v) is 3.55. The zero-order valence-corrected chi connectivity index (χ0v) is 12.6. The van der Waals surface area contributed by atoms with Gasteiger partial charge in [-0.05, 0) is 35.2 Å². The number of ether oxygens (including phenoxy) is 2. The van der Waals surface area contributed by atoms with Crippen molar-refractivity contribution in [3.8, 4) is 5.75 Å². The number of hydrogen-bond acceptors (Lipinski definition) is 3. The van der Waals surface area contributed by atoms with Crippen LogP contribution in [0, 0.1) is 0 Å². The molecule has 0 amide bonds. The van der Waals surface area contributed by atoms with E-state index >= 15 is 0 Å². The van der Waals surface area contributed by atoms with Crippen molar-refractivity contribution >= 4 is 0 Å². The molecule has 0 saturated carbocycles. The summed E-state index contributed by atoms with van der Waals surface area (Å²) in [5.74, 6) is 0.844. The quantitative estimate of drug-likeness (QED) is 0.840. The van der Waals surface area contributed by atoms with Gasteiger partial charge in [0.05, 0.1) is 26.4 Å². The van der Waals surface area contributed by atoms with Gasteiger partial charge in [0.2, 0.25) is 0 Å². The average molecular weight is 286 g/mol. The molecule has 1 atom stereocenters. The van der Waals surface area contributed by atoms with Crippen molar-refractivity contribution in [2.75, 3.05) is 7.11 Å². The van der Waals surface area contributed by atoms with Crippen molar-refractivity contribution in [2.45, 2.75) is 32.7 Å². The summed E-state index contributed by atoms with van der Waals surface area (Å²) in [4.78, 5) is 0. The van der Waals surface area contributed by atoms with Crippen LogP contribution in [-0.2, 0) is 18.0 Å². The largest absolute Gasteiger partial charge is 0.497 e. The van der Waals surface area contributed by atoms with Gasteiger partial charge in [-0.15, -0.1) is 0 Å². The summed E-state index contributed by atoms with van der Waals surface area (Å²) >= 11 is 0. The van der Waals surface area contributed by atoms with E-state index in [1.807, 2.05) is 48.5 Å². The molecule has 0 bridgehead atoms. The Morgan fingerprint density at radius 1 is 1.05 bits per heavy atom. The van der Waals surface area contributed by atoms with Crippen LogP contribution in [0.25, 0.3) is 0 Å². The van der Waals surface area contributed by atoms with Crippen LogP contribution >= 0.6 is 0 Å². The number of aliphatic hydroxyl groups is 1. The third-order valence-electron chi connectivity index (χ3n) is 3.55. The minimum atomic E-state index is -0.00421. The molecule has 0 aliphatic rings. The predicted molar refractivity (Wildman–Crippen MR) is 83.2 cm³/mol. The Morgan fingerprint density at radius 3 is 2.38 bits per heavy atom. The lowest BCUT2D eigenvalue weighted by atomic mass is 10.0. The normalized spacial score (nSPS) is 12.1. The minimum absolute atomic E-state index is 0.00421. The van der Waals surface area contributed by atoms with Gasteiger partial charge in [-0.2, -0.15) is 0 Å². The fraction of sp³-hybridized carbons (Fsp3) is 0.333. The Kier molecular flexibility index (Phi) is 5.78. The molecule has 3 nitrogen and oxygen atoms in total. The fourth-order valence-electron chi connectivity index (χ4n) is 2.34. The van der Waals surface area contributed by atoms with E-state index in [0.29, 0.717) is 6.61 Å². The second-order valence-corrected chi connectivity index (χ2v) is 4.91. The third kappa shape index (κ3) is 4.06. The zero-order valence-electron chi connectivity index (χ0n) is 12.6. The fourth-order valence-corrected chi connectivity index (χ4v) is 2.34. The van der Waals surface area contributed by atoms with Crippen LogP contribution in [0.5, 0.6) is 5.75 Å². The van der Waals surface area contributed by atoms with Gasteiger partial charge >= 0.3 is 0 Å². The van der Waals surface area contributed by atoms with Crippen LogP contribution < -0.4 is 4.74 Å². The SMILES string of the molecule is CC[C@@H](OCc1ccc(OC)cc1)c1ccccc1CO. The molecule has 0 radical (unpaired) electrons. The van der Waals surface area contributed by atoms with Crippen molar-refractivity contribution in [1.29, 1.82) is 0 Å². The highest BCUT2D eigenvalue weighted by molar-refractivity contribution is 5.29. The number of aliphatic hydroxyl groups excluding tert-OH is 1. The van der Waals surface area contributed by atoms with Gasteiger partial charge in [-0.1, -0.05) is 43.3 Å². The van der Waals surface area contributed by atoms with Crippen molar-refractivity contribution in [2.24, 2.45) is 0 Å². The molecule has 0 fully saturated rings. The maximum atomic E-state index is 9.44. The molecule has 0 aliphatic carbocycles. The first-order valence-corrected chi connectivity index (χ1v) is 7.21. The molecular weight excluding hydrogens is 264 g/mol. The van der Waals surface area contributed by atoms with E-state index in [-0.39, 0.29) is 12.7 Å². The molecule has 0 aromatic heterocycles. The second-order valence-electron chi connectivity index (χ2n) is 4.91. The number of rotatable bonds is 7. The molecule has 2 aromatic rings. The van der Waals surface area contributed by atoms with Gasteiger partial charge in [-0.3, -0.25) is 0 Å². The molecule has 0 unspecified atom stereocenters. The Morgan fingerprint density at radius 2 is 1.76 bits per heavy atom. The van der Waals surface area contributed by atoms with Crippen molar-refractivity contribution in [1.82, 2.24) is 0 Å². The summed E-state index contributed by atoms with van der Waals surface area (Å²) in [6, 6.07) is 15.7. The monoisotopic (exact) mass is 286 g/mol. The first-order valence-electron chi connectivity index (χ1n) is 7.21. The lowest BCUT2D eigenvalue weighted by Crippen LogP contribution is -2.06. The smallest absolute Gasteiger partial charge is 0.118 e. The van der Waals surface area contributed by atoms with E-state index in [1.165, 1.54) is 0 Å². The lowest BCUT2D eigenvalue weighted by Gasteiger charge is -2.19. The highest BCUT2D eigenvalue weighted by Crippen LogP contribution is 2.26. The van der Waals surface area contributed by atoms with E-state index in [1.54, 1.807) is 7.11 Å². The summed E-state index contributed by atoms with van der Waals surface area (Å²) in [5.41, 5.74) is 3.10. The van der Waals surface area contributed by atoms with Crippen LogP contribution in [0.15, 0.2) is 48.5 Å². The van der Waals surface area contributed by atoms with Crippen LogP contribution in [0.4, 0.5) is 0 Å². The summed E-state index contributed by atoms with van der Waals surface area (Å²) in [7, 11) is 1.66. The first-order chi connectivity index (χ1) is 10.3. The van der Waals surface area contributed by atoms with Gasteiger partial charge in [-0.25, -0.2) is 0 Å². The summed E-state index contributed by atoms with van der Waals surface area (Å²) in [6.45, 7) is 2.67. The van der Waals surface area contributed by atoms with Crippen LogP contribution in [0.2, 0.25) is 0 Å². The van der Waals surface area contributed by atoms with Crippen molar-refractivity contribution < 1.29 is 14.6 Å². The van der Waals surface area contributed by atoms with Crippen LogP contribution in [0.1, 0.15) is 36.1 Å².